The monoisotopic (exact) mass is 757 g/mol. The highest BCUT2D eigenvalue weighted by molar-refractivity contribution is 8.00. The van der Waals surface area contributed by atoms with Crippen molar-refractivity contribution in [3.05, 3.63) is 228 Å². The number of aromatic nitrogens is 3. The van der Waals surface area contributed by atoms with Crippen LogP contribution in [0.1, 0.15) is 40.2 Å². The van der Waals surface area contributed by atoms with Crippen LogP contribution in [-0.4, -0.2) is 15.0 Å². The molecule has 0 radical (unpaired) electrons. The minimum absolute atomic E-state index is 0.176. The van der Waals surface area contributed by atoms with Gasteiger partial charge < -0.3 is 0 Å². The highest BCUT2D eigenvalue weighted by Gasteiger charge is 2.53. The normalized spacial score (nSPS) is 16.0. The lowest BCUT2D eigenvalue weighted by molar-refractivity contribution is 0.715. The van der Waals surface area contributed by atoms with Crippen LogP contribution in [0.3, 0.4) is 0 Å². The van der Waals surface area contributed by atoms with Gasteiger partial charge in [-0.25, -0.2) is 15.0 Å². The molecule has 58 heavy (non-hydrogen) atoms. The van der Waals surface area contributed by atoms with Crippen LogP contribution in [0.25, 0.3) is 61.3 Å². The van der Waals surface area contributed by atoms with E-state index in [-0.39, 0.29) is 5.92 Å². The predicted octanol–water partition coefficient (Wildman–Crippen LogP) is 13.5. The third kappa shape index (κ3) is 4.92. The average Bonchev–Trinajstić information content (AvgIpc) is 3.60. The van der Waals surface area contributed by atoms with Crippen molar-refractivity contribution < 1.29 is 0 Å². The van der Waals surface area contributed by atoms with Crippen molar-refractivity contribution in [2.24, 2.45) is 0 Å². The first-order chi connectivity index (χ1) is 28.8. The van der Waals surface area contributed by atoms with Crippen molar-refractivity contribution in [2.75, 3.05) is 0 Å². The lowest BCUT2D eigenvalue weighted by Crippen LogP contribution is -2.33. The fourth-order valence-corrected chi connectivity index (χ4v) is 11.3. The Bertz CT molecular complexity index is 3020. The minimum Gasteiger partial charge on any atom is -0.208 e. The fraction of sp³-hybridized carbons (Fsp3) is 0.0556. The van der Waals surface area contributed by atoms with Crippen LogP contribution in [0, 0.1) is 0 Å². The number of fused-ring (bicyclic) bond motifs is 12. The molecule has 0 amide bonds. The quantitative estimate of drug-likeness (QED) is 0.179. The molecule has 3 aliphatic rings. The van der Waals surface area contributed by atoms with E-state index in [1.807, 2.05) is 48.2 Å². The first-order valence-corrected chi connectivity index (χ1v) is 20.8. The standard InChI is InChI=1S/C54H35N3S/c1-3-16-37(17-4-1)51-55-52(38-18-5-2-6-19-38)57-53(56-51)39-28-26-36(27-29-39)40-23-13-25-45-48(40)43-22-11-12-24-44(43)54(45)46-32-30-34-14-7-9-20-41(34)49(46)58-50-42-21-10-8-15-35(42)31-33-47(50)54/h1-22,24-33,40H,23H2. The third-order valence-electron chi connectivity index (χ3n) is 12.4. The van der Waals surface area contributed by atoms with E-state index in [9.17, 15) is 0 Å². The molecule has 1 unspecified atom stereocenters. The van der Waals surface area contributed by atoms with Crippen molar-refractivity contribution in [3.8, 4) is 34.2 Å². The van der Waals surface area contributed by atoms with Gasteiger partial charge in [-0.15, -0.1) is 0 Å². The number of hydrogen-bond acceptors (Lipinski definition) is 4. The summed E-state index contributed by atoms with van der Waals surface area (Å²) in [6.07, 6.45) is 5.79. The Kier molecular flexibility index (Phi) is 7.51. The molecule has 12 rings (SSSR count). The van der Waals surface area contributed by atoms with Gasteiger partial charge in [-0.05, 0) is 66.9 Å². The summed E-state index contributed by atoms with van der Waals surface area (Å²) in [5, 5.41) is 5.17. The molecule has 0 saturated carbocycles. The maximum absolute atomic E-state index is 5.02. The minimum atomic E-state index is -0.461. The molecule has 8 aromatic carbocycles. The second-order valence-corrected chi connectivity index (χ2v) is 16.4. The van der Waals surface area contributed by atoms with E-state index in [0.717, 1.165) is 23.1 Å². The first-order valence-electron chi connectivity index (χ1n) is 20.0. The summed E-state index contributed by atoms with van der Waals surface area (Å²) in [5.41, 5.74) is 12.0. The summed E-state index contributed by atoms with van der Waals surface area (Å²) < 4.78 is 0. The zero-order valence-electron chi connectivity index (χ0n) is 31.5. The number of benzene rings is 8. The molecule has 2 heterocycles. The topological polar surface area (TPSA) is 38.7 Å². The van der Waals surface area contributed by atoms with Crippen molar-refractivity contribution in [1.82, 2.24) is 15.0 Å². The van der Waals surface area contributed by atoms with Gasteiger partial charge in [-0.1, -0.05) is 206 Å². The molecule has 1 atom stereocenters. The average molecular weight is 758 g/mol. The molecular weight excluding hydrogens is 723 g/mol. The van der Waals surface area contributed by atoms with Crippen molar-refractivity contribution in [3.63, 3.8) is 0 Å². The van der Waals surface area contributed by atoms with Gasteiger partial charge >= 0.3 is 0 Å². The molecule has 9 aromatic rings. The van der Waals surface area contributed by atoms with Gasteiger partial charge in [0.2, 0.25) is 0 Å². The molecule has 272 valence electrons. The van der Waals surface area contributed by atoms with Crippen molar-refractivity contribution >= 4 is 38.9 Å². The lowest BCUT2D eigenvalue weighted by atomic mass is 9.65. The highest BCUT2D eigenvalue weighted by atomic mass is 32.2. The summed E-state index contributed by atoms with van der Waals surface area (Å²) in [6.45, 7) is 0. The third-order valence-corrected chi connectivity index (χ3v) is 13.7. The van der Waals surface area contributed by atoms with E-state index in [1.165, 1.54) is 70.3 Å². The molecule has 0 N–H and O–H groups in total. The Morgan fingerprint density at radius 2 is 0.948 bits per heavy atom. The maximum Gasteiger partial charge on any atom is 0.164 e. The Balaban J connectivity index is 1.04. The maximum atomic E-state index is 5.02. The van der Waals surface area contributed by atoms with Crippen LogP contribution in [-0.2, 0) is 5.41 Å². The summed E-state index contributed by atoms with van der Waals surface area (Å²) in [7, 11) is 0. The van der Waals surface area contributed by atoms with Gasteiger partial charge in [0, 0.05) is 32.4 Å². The zero-order chi connectivity index (χ0) is 38.2. The van der Waals surface area contributed by atoms with Gasteiger partial charge in [-0.3, -0.25) is 0 Å². The van der Waals surface area contributed by atoms with E-state index >= 15 is 0 Å². The highest BCUT2D eigenvalue weighted by Crippen LogP contribution is 2.65. The SMILES string of the molecule is C1=CC2=C(c3ccccc3C23c2ccc4ccccc4c2Sc2c3ccc3ccccc23)C(c2ccc(-c3nc(-c4ccccc4)nc(-c4ccccc4)n3)cc2)C1. The molecule has 3 nitrogen and oxygen atoms in total. The summed E-state index contributed by atoms with van der Waals surface area (Å²) in [5.74, 6) is 2.18. The molecule has 1 aliphatic heterocycles. The summed E-state index contributed by atoms with van der Waals surface area (Å²) >= 11 is 1.95. The number of nitrogens with zero attached hydrogens (tertiary/aromatic N) is 3. The van der Waals surface area contributed by atoms with E-state index in [1.54, 1.807) is 0 Å². The van der Waals surface area contributed by atoms with Crippen molar-refractivity contribution in [1.29, 1.82) is 0 Å². The number of hydrogen-bond donors (Lipinski definition) is 0. The molecule has 0 bridgehead atoms. The van der Waals surface area contributed by atoms with E-state index in [2.05, 4.69) is 158 Å². The van der Waals surface area contributed by atoms with Crippen LogP contribution < -0.4 is 0 Å². The second kappa shape index (κ2) is 13.1. The number of allylic oxidation sites excluding steroid dienone is 4. The predicted molar refractivity (Wildman–Crippen MR) is 238 cm³/mol. The fourth-order valence-electron chi connectivity index (χ4n) is 9.80. The molecule has 0 saturated heterocycles. The van der Waals surface area contributed by atoms with Crippen LogP contribution in [0.15, 0.2) is 210 Å². The second-order valence-electron chi connectivity index (χ2n) is 15.4. The summed E-state index contributed by atoms with van der Waals surface area (Å²) in [4.78, 5) is 17.7. The summed E-state index contributed by atoms with van der Waals surface area (Å²) in [6, 6.07) is 65.8. The van der Waals surface area contributed by atoms with E-state index in [4.69, 9.17) is 15.0 Å². The first kappa shape index (κ1) is 33.3. The zero-order valence-corrected chi connectivity index (χ0v) is 32.3. The van der Waals surface area contributed by atoms with Gasteiger partial charge in [0.1, 0.15) is 0 Å². The Morgan fingerprint density at radius 3 is 1.53 bits per heavy atom. The van der Waals surface area contributed by atoms with Crippen LogP contribution >= 0.6 is 11.8 Å². The van der Waals surface area contributed by atoms with Gasteiger partial charge in [0.15, 0.2) is 17.5 Å². The molecule has 0 fully saturated rings. The smallest absolute Gasteiger partial charge is 0.164 e. The largest absolute Gasteiger partial charge is 0.208 e. The number of rotatable bonds is 4. The lowest BCUT2D eigenvalue weighted by Gasteiger charge is -2.42. The molecule has 1 spiro atoms. The van der Waals surface area contributed by atoms with E-state index < -0.39 is 5.41 Å². The van der Waals surface area contributed by atoms with Crippen LogP contribution in [0.5, 0.6) is 0 Å². The van der Waals surface area contributed by atoms with Crippen LogP contribution in [0.4, 0.5) is 0 Å². The van der Waals surface area contributed by atoms with E-state index in [0.29, 0.717) is 17.5 Å². The van der Waals surface area contributed by atoms with Crippen molar-refractivity contribution in [2.45, 2.75) is 27.5 Å². The molecule has 2 aliphatic carbocycles. The molecular formula is C54H35N3S. The molecule has 4 heteroatoms. The van der Waals surface area contributed by atoms with Crippen LogP contribution in [0.2, 0.25) is 0 Å². The Labute approximate surface area is 341 Å². The van der Waals surface area contributed by atoms with Gasteiger partial charge in [0.05, 0.1) is 5.41 Å². The van der Waals surface area contributed by atoms with Gasteiger partial charge in [0.25, 0.3) is 0 Å². The Morgan fingerprint density at radius 1 is 0.448 bits per heavy atom. The van der Waals surface area contributed by atoms with Gasteiger partial charge in [-0.2, -0.15) is 0 Å². The Hall–Kier alpha value is -6.88. The molecule has 1 aromatic heterocycles.